The summed E-state index contributed by atoms with van der Waals surface area (Å²) < 4.78 is 54.1. The minimum atomic E-state index is -3.88. The molecule has 3 aliphatic heterocycles. The second kappa shape index (κ2) is 16.1. The Kier molecular flexibility index (Phi) is 11.7. The van der Waals surface area contributed by atoms with E-state index in [0.717, 1.165) is 59.8 Å². The zero-order valence-corrected chi connectivity index (χ0v) is 30.6. The predicted molar refractivity (Wildman–Crippen MR) is 193 cm³/mol. The molecule has 0 aromatic heterocycles. The Labute approximate surface area is 297 Å². The maximum atomic E-state index is 14.5. The van der Waals surface area contributed by atoms with Crippen LogP contribution in [0.3, 0.4) is 0 Å². The van der Waals surface area contributed by atoms with Crippen LogP contribution < -0.4 is 14.4 Å². The van der Waals surface area contributed by atoms with Crippen molar-refractivity contribution in [1.29, 1.82) is 0 Å². The molecule has 4 atom stereocenters. The molecule has 3 aliphatic rings. The third-order valence-electron chi connectivity index (χ3n) is 10.4. The number of amides is 1. The smallest absolute Gasteiger partial charge is 0.243 e. The van der Waals surface area contributed by atoms with Crippen molar-refractivity contribution in [2.75, 3.05) is 58.5 Å². The number of piperidine rings is 1. The molecule has 2 saturated heterocycles. The summed E-state index contributed by atoms with van der Waals surface area (Å²) in [6.07, 6.45) is 2.97. The monoisotopic (exact) mass is 705 g/mol. The fraction of sp³-hybridized carbons (Fsp3) is 0.513. The third kappa shape index (κ3) is 8.12. The van der Waals surface area contributed by atoms with Crippen LogP contribution in [0.2, 0.25) is 0 Å². The zero-order chi connectivity index (χ0) is 35.3. The molecule has 6 rings (SSSR count). The molecule has 1 amide bonds. The van der Waals surface area contributed by atoms with Gasteiger partial charge in [0, 0.05) is 57.8 Å². The first kappa shape index (κ1) is 36.2. The molecule has 0 aliphatic carbocycles. The number of benzene rings is 3. The lowest BCUT2D eigenvalue weighted by molar-refractivity contribution is -0.129. The van der Waals surface area contributed by atoms with E-state index in [1.807, 2.05) is 55.1 Å². The van der Waals surface area contributed by atoms with E-state index in [0.29, 0.717) is 45.6 Å². The van der Waals surface area contributed by atoms with Crippen molar-refractivity contribution < 1.29 is 32.2 Å². The van der Waals surface area contributed by atoms with Crippen LogP contribution in [0.15, 0.2) is 71.6 Å². The Bertz CT molecular complexity index is 1700. The number of anilines is 1. The van der Waals surface area contributed by atoms with Gasteiger partial charge in [0.15, 0.2) is 0 Å². The van der Waals surface area contributed by atoms with Crippen molar-refractivity contribution in [1.82, 2.24) is 9.21 Å². The van der Waals surface area contributed by atoms with Crippen molar-refractivity contribution in [3.05, 3.63) is 83.4 Å². The summed E-state index contributed by atoms with van der Waals surface area (Å²) in [5.41, 5.74) is 4.10. The highest BCUT2D eigenvalue weighted by Gasteiger charge is 2.44. The van der Waals surface area contributed by atoms with Gasteiger partial charge in [-0.1, -0.05) is 35.9 Å². The molecule has 3 aromatic rings. The third-order valence-corrected chi connectivity index (χ3v) is 12.3. The molecule has 2 fully saturated rings. The first-order valence-corrected chi connectivity index (χ1v) is 19.2. The van der Waals surface area contributed by atoms with Crippen LogP contribution in [-0.2, 0) is 30.9 Å². The second-order valence-electron chi connectivity index (χ2n) is 13.8. The summed E-state index contributed by atoms with van der Waals surface area (Å²) in [6.45, 7) is 8.21. The van der Waals surface area contributed by atoms with Gasteiger partial charge in [-0.05, 0) is 87.1 Å². The number of aryl methyl sites for hydroxylation is 1. The average Bonchev–Trinajstić information content (AvgIpc) is 3.57. The summed E-state index contributed by atoms with van der Waals surface area (Å²) in [5, 5.41) is 0. The normalized spacial score (nSPS) is 21.9. The van der Waals surface area contributed by atoms with Gasteiger partial charge in [0.25, 0.3) is 0 Å². The number of carbonyl (C=O) groups is 1. The number of sulfonamides is 1. The first-order chi connectivity index (χ1) is 24.2. The summed E-state index contributed by atoms with van der Waals surface area (Å²) in [6, 6.07) is 20.8. The van der Waals surface area contributed by atoms with Crippen molar-refractivity contribution in [2.24, 2.45) is 0 Å². The topological polar surface area (TPSA) is 97.9 Å². The summed E-state index contributed by atoms with van der Waals surface area (Å²) in [7, 11) is -0.509. The minimum Gasteiger partial charge on any atom is -0.497 e. The van der Waals surface area contributed by atoms with Crippen LogP contribution in [0.5, 0.6) is 11.5 Å². The number of nitrogens with zero attached hydrogens (tertiary/aromatic N) is 3. The molecule has 0 bridgehead atoms. The van der Waals surface area contributed by atoms with Crippen molar-refractivity contribution in [3.63, 3.8) is 0 Å². The van der Waals surface area contributed by atoms with Gasteiger partial charge in [-0.15, -0.1) is 0 Å². The number of hydrogen-bond donors (Lipinski definition) is 0. The number of methoxy groups -OCH3 is 2. The largest absolute Gasteiger partial charge is 0.497 e. The molecule has 3 aromatic carbocycles. The fourth-order valence-electron chi connectivity index (χ4n) is 7.64. The molecule has 0 unspecified atom stereocenters. The minimum absolute atomic E-state index is 0.0802. The van der Waals surface area contributed by atoms with E-state index in [2.05, 4.69) is 23.1 Å². The van der Waals surface area contributed by atoms with Gasteiger partial charge in [0.05, 0.1) is 36.9 Å². The lowest BCUT2D eigenvalue weighted by Crippen LogP contribution is -2.54. The van der Waals surface area contributed by atoms with E-state index in [1.165, 1.54) is 0 Å². The molecular weight excluding hydrogens is 655 g/mol. The number of hydrogen-bond acceptors (Lipinski definition) is 8. The van der Waals surface area contributed by atoms with Gasteiger partial charge in [-0.2, -0.15) is 4.31 Å². The van der Waals surface area contributed by atoms with E-state index in [1.54, 1.807) is 30.7 Å². The van der Waals surface area contributed by atoms with Crippen LogP contribution in [0.1, 0.15) is 61.6 Å². The van der Waals surface area contributed by atoms with E-state index < -0.39 is 16.1 Å². The lowest BCUT2D eigenvalue weighted by Gasteiger charge is -2.44. The average molecular weight is 706 g/mol. The van der Waals surface area contributed by atoms with Crippen LogP contribution in [0, 0.1) is 6.92 Å². The number of ether oxygens (including phenoxy) is 4. The van der Waals surface area contributed by atoms with Crippen molar-refractivity contribution in [3.8, 4) is 11.5 Å². The van der Waals surface area contributed by atoms with Crippen LogP contribution in [-0.4, -0.2) is 95.3 Å². The summed E-state index contributed by atoms with van der Waals surface area (Å²) >= 11 is 0. The Hall–Kier alpha value is -3.64. The van der Waals surface area contributed by atoms with Crippen molar-refractivity contribution >= 4 is 21.6 Å². The van der Waals surface area contributed by atoms with E-state index in [9.17, 15) is 13.2 Å². The Balaban J connectivity index is 1.31. The molecular formula is C39H51N3O7S. The van der Waals surface area contributed by atoms with Gasteiger partial charge in [-0.3, -0.25) is 4.79 Å². The maximum Gasteiger partial charge on any atom is 0.243 e. The Morgan fingerprint density at radius 3 is 2.48 bits per heavy atom. The van der Waals surface area contributed by atoms with Gasteiger partial charge in [0.1, 0.15) is 18.1 Å². The number of fused-ring (bicyclic) bond motifs is 1. The second-order valence-corrected chi connectivity index (χ2v) is 15.7. The molecule has 3 heterocycles. The Morgan fingerprint density at radius 2 is 1.78 bits per heavy atom. The molecule has 0 N–H and O–H groups in total. The highest BCUT2D eigenvalue weighted by Crippen LogP contribution is 2.40. The molecule has 0 saturated carbocycles. The molecule has 10 nitrogen and oxygen atoms in total. The highest BCUT2D eigenvalue weighted by atomic mass is 32.2. The van der Waals surface area contributed by atoms with Crippen molar-refractivity contribution in [2.45, 2.75) is 81.6 Å². The molecule has 0 spiro atoms. The lowest BCUT2D eigenvalue weighted by atomic mass is 9.82. The summed E-state index contributed by atoms with van der Waals surface area (Å²) in [4.78, 5) is 17.2. The maximum absolute atomic E-state index is 14.5. The van der Waals surface area contributed by atoms with Gasteiger partial charge < -0.3 is 28.7 Å². The molecule has 270 valence electrons. The molecule has 11 heteroatoms. The van der Waals surface area contributed by atoms with Gasteiger partial charge in [-0.25, -0.2) is 8.42 Å². The van der Waals surface area contributed by atoms with Crippen LogP contribution in [0.4, 0.5) is 5.69 Å². The molecule has 0 radical (unpaired) electrons. The number of rotatable bonds is 14. The number of likely N-dealkylation sites (tertiary alicyclic amines) is 1. The van der Waals surface area contributed by atoms with E-state index in [-0.39, 0.29) is 35.3 Å². The highest BCUT2D eigenvalue weighted by molar-refractivity contribution is 7.89. The first-order valence-electron chi connectivity index (χ1n) is 17.8. The fourth-order valence-corrected chi connectivity index (χ4v) is 9.30. The van der Waals surface area contributed by atoms with Gasteiger partial charge >= 0.3 is 0 Å². The quantitative estimate of drug-likeness (QED) is 0.195. The van der Waals surface area contributed by atoms with E-state index in [4.69, 9.17) is 18.9 Å². The number of carbonyl (C=O) groups excluding carboxylic acids is 1. The zero-order valence-electron chi connectivity index (χ0n) is 29.8. The van der Waals surface area contributed by atoms with Crippen LogP contribution >= 0.6 is 0 Å². The van der Waals surface area contributed by atoms with Gasteiger partial charge in [0.2, 0.25) is 15.9 Å². The predicted octanol–water partition coefficient (Wildman–Crippen LogP) is 5.77. The standard InChI is InChI=1S/C39H51N3O7S/c1-28-8-15-34(16-9-28)50(44,45)42-26-38(49-27-30-10-17-37-36(24-30)40(20-22-48-37)18-6-21-46-3)35(31-11-13-33(47-4)14-12-31)25-32(42)23-29(2)41-19-5-7-39(41)43/h8-17,24,29,32,35,38H,5-7,18-23,25-27H2,1-4H3/t29-,32-,35+,38-/m0/s1. The Morgan fingerprint density at radius 1 is 1.00 bits per heavy atom. The molecule has 50 heavy (non-hydrogen) atoms. The summed E-state index contributed by atoms with van der Waals surface area (Å²) in [5.74, 6) is 1.68. The van der Waals surface area contributed by atoms with E-state index >= 15 is 0 Å². The SMILES string of the molecule is COCCCN1CCOc2ccc(CO[C@H]3CN(S(=O)(=O)c4ccc(C)cc4)[C@@H](C[C@H](C)N4CCCC4=O)C[C@@H]3c3ccc(OC)cc3)cc21. The van der Waals surface area contributed by atoms with Crippen LogP contribution in [0.25, 0.3) is 0 Å².